The highest BCUT2D eigenvalue weighted by Gasteiger charge is 2.21. The van der Waals surface area contributed by atoms with Gasteiger partial charge in [-0.1, -0.05) is 27.7 Å². The van der Waals surface area contributed by atoms with Crippen molar-refractivity contribution in [3.63, 3.8) is 0 Å². The van der Waals surface area contributed by atoms with Crippen molar-refractivity contribution in [3.8, 4) is 0 Å². The highest BCUT2D eigenvalue weighted by Crippen LogP contribution is 2.25. The van der Waals surface area contributed by atoms with E-state index in [4.69, 9.17) is 0 Å². The zero-order valence-electron chi connectivity index (χ0n) is 11.2. The van der Waals surface area contributed by atoms with E-state index in [2.05, 4.69) is 71.5 Å². The summed E-state index contributed by atoms with van der Waals surface area (Å²) in [6, 6.07) is 5.77. The number of benzene rings is 1. The summed E-state index contributed by atoms with van der Waals surface area (Å²) < 4.78 is 1.90. The van der Waals surface area contributed by atoms with Gasteiger partial charge >= 0.3 is 0 Å². The SMILES string of the molecule is CC(CNC(=O)c1cc(I)ccc1Br)C(C)(C)C. The molecule has 1 rings (SSSR count). The first-order chi connectivity index (χ1) is 8.21. The van der Waals surface area contributed by atoms with Gasteiger partial charge in [0.1, 0.15) is 0 Å². The summed E-state index contributed by atoms with van der Waals surface area (Å²) in [5.74, 6) is 0.416. The number of hydrogen-bond donors (Lipinski definition) is 1. The molecule has 1 aromatic carbocycles. The topological polar surface area (TPSA) is 29.1 Å². The Labute approximate surface area is 131 Å². The number of amides is 1. The largest absolute Gasteiger partial charge is 0.352 e. The quantitative estimate of drug-likeness (QED) is 0.714. The molecule has 1 atom stereocenters. The number of hydrogen-bond acceptors (Lipinski definition) is 1. The van der Waals surface area contributed by atoms with Crippen LogP contribution in [-0.2, 0) is 0 Å². The lowest BCUT2D eigenvalue weighted by molar-refractivity contribution is 0.0936. The monoisotopic (exact) mass is 423 g/mol. The molecule has 0 aliphatic carbocycles. The van der Waals surface area contributed by atoms with E-state index in [1.807, 2.05) is 18.2 Å². The van der Waals surface area contributed by atoms with Crippen LogP contribution < -0.4 is 5.32 Å². The van der Waals surface area contributed by atoms with Crippen LogP contribution in [0.2, 0.25) is 0 Å². The molecule has 0 heterocycles. The summed E-state index contributed by atoms with van der Waals surface area (Å²) in [4.78, 5) is 12.1. The van der Waals surface area contributed by atoms with Crippen LogP contribution >= 0.6 is 38.5 Å². The lowest BCUT2D eigenvalue weighted by Crippen LogP contribution is -2.33. The lowest BCUT2D eigenvalue weighted by Gasteiger charge is -2.27. The van der Waals surface area contributed by atoms with Crippen LogP contribution in [0, 0.1) is 14.9 Å². The number of rotatable bonds is 3. The van der Waals surface area contributed by atoms with E-state index >= 15 is 0 Å². The van der Waals surface area contributed by atoms with Crippen molar-refractivity contribution >= 4 is 44.4 Å². The molecule has 0 aliphatic heterocycles. The average Bonchev–Trinajstić information content (AvgIpc) is 2.27. The number of carbonyl (C=O) groups excluding carboxylic acids is 1. The fourth-order valence-electron chi connectivity index (χ4n) is 1.32. The number of halogens is 2. The fraction of sp³-hybridized carbons (Fsp3) is 0.500. The van der Waals surface area contributed by atoms with E-state index in [1.165, 1.54) is 0 Å². The van der Waals surface area contributed by atoms with Gasteiger partial charge in [-0.25, -0.2) is 0 Å². The third-order valence-electron chi connectivity index (χ3n) is 3.22. The number of nitrogens with one attached hydrogen (secondary N) is 1. The normalized spacial score (nSPS) is 13.2. The first kappa shape index (κ1) is 16.0. The van der Waals surface area contributed by atoms with E-state index in [9.17, 15) is 4.79 Å². The molecule has 0 fully saturated rings. The van der Waals surface area contributed by atoms with Crippen LogP contribution in [0.25, 0.3) is 0 Å². The van der Waals surface area contributed by atoms with E-state index in [-0.39, 0.29) is 11.3 Å². The second-order valence-electron chi connectivity index (χ2n) is 5.60. The molecule has 0 aliphatic rings. The summed E-state index contributed by atoms with van der Waals surface area (Å²) in [5, 5.41) is 3.00. The second kappa shape index (κ2) is 6.37. The highest BCUT2D eigenvalue weighted by molar-refractivity contribution is 14.1. The Bertz CT molecular complexity index is 440. The standard InChI is InChI=1S/C14H19BrINO/c1-9(14(2,3)4)8-17-13(18)11-7-10(16)5-6-12(11)15/h5-7,9H,8H2,1-4H3,(H,17,18). The first-order valence-corrected chi connectivity index (χ1v) is 7.82. The molecule has 2 nitrogen and oxygen atoms in total. The molecule has 1 amide bonds. The molecule has 1 N–H and O–H groups in total. The molecule has 1 aromatic rings. The van der Waals surface area contributed by atoms with Gasteiger partial charge in [-0.15, -0.1) is 0 Å². The summed E-state index contributed by atoms with van der Waals surface area (Å²) >= 11 is 5.62. The van der Waals surface area contributed by atoms with Gasteiger partial charge in [0.25, 0.3) is 5.91 Å². The molecular weight excluding hydrogens is 405 g/mol. The third-order valence-corrected chi connectivity index (χ3v) is 4.58. The maximum absolute atomic E-state index is 12.1. The van der Waals surface area contributed by atoms with Crippen molar-refractivity contribution in [1.29, 1.82) is 0 Å². The van der Waals surface area contributed by atoms with Gasteiger partial charge in [-0.2, -0.15) is 0 Å². The van der Waals surface area contributed by atoms with Gasteiger partial charge in [-0.05, 0) is 68.1 Å². The van der Waals surface area contributed by atoms with Gasteiger partial charge in [0.05, 0.1) is 5.56 Å². The summed E-state index contributed by atoms with van der Waals surface area (Å²) in [6.07, 6.45) is 0. The Kier molecular flexibility index (Phi) is 5.65. The van der Waals surface area contributed by atoms with Gasteiger partial charge in [-0.3, -0.25) is 4.79 Å². The van der Waals surface area contributed by atoms with Crippen molar-refractivity contribution in [1.82, 2.24) is 5.32 Å². The predicted molar refractivity (Wildman–Crippen MR) is 87.8 cm³/mol. The highest BCUT2D eigenvalue weighted by atomic mass is 127. The third kappa shape index (κ3) is 4.53. The zero-order valence-corrected chi connectivity index (χ0v) is 14.9. The number of carbonyl (C=O) groups is 1. The molecule has 100 valence electrons. The maximum atomic E-state index is 12.1. The smallest absolute Gasteiger partial charge is 0.252 e. The molecule has 18 heavy (non-hydrogen) atoms. The lowest BCUT2D eigenvalue weighted by atomic mass is 9.82. The van der Waals surface area contributed by atoms with E-state index in [0.717, 1.165) is 8.04 Å². The Morgan fingerprint density at radius 3 is 2.61 bits per heavy atom. The van der Waals surface area contributed by atoms with Crippen molar-refractivity contribution in [2.45, 2.75) is 27.7 Å². The minimum Gasteiger partial charge on any atom is -0.352 e. The summed E-state index contributed by atoms with van der Waals surface area (Å²) in [7, 11) is 0. The van der Waals surface area contributed by atoms with Gasteiger partial charge in [0, 0.05) is 14.6 Å². The molecule has 0 saturated heterocycles. The van der Waals surface area contributed by atoms with Gasteiger partial charge in [0.15, 0.2) is 0 Å². The maximum Gasteiger partial charge on any atom is 0.252 e. The Balaban J connectivity index is 2.69. The van der Waals surface area contributed by atoms with Crippen LogP contribution in [0.15, 0.2) is 22.7 Å². The van der Waals surface area contributed by atoms with Crippen LogP contribution in [0.3, 0.4) is 0 Å². The van der Waals surface area contributed by atoms with Crippen LogP contribution in [0.1, 0.15) is 38.1 Å². The van der Waals surface area contributed by atoms with Crippen molar-refractivity contribution in [2.24, 2.45) is 11.3 Å². The fourth-order valence-corrected chi connectivity index (χ4v) is 2.24. The molecule has 0 spiro atoms. The minimum atomic E-state index is -0.0171. The van der Waals surface area contributed by atoms with Gasteiger partial charge in [0.2, 0.25) is 0 Å². The molecule has 0 aromatic heterocycles. The Morgan fingerprint density at radius 1 is 1.44 bits per heavy atom. The van der Waals surface area contributed by atoms with Crippen molar-refractivity contribution < 1.29 is 4.79 Å². The zero-order chi connectivity index (χ0) is 13.9. The van der Waals surface area contributed by atoms with Crippen molar-refractivity contribution in [3.05, 3.63) is 31.8 Å². The molecule has 0 saturated carbocycles. The Morgan fingerprint density at radius 2 is 2.06 bits per heavy atom. The Hall–Kier alpha value is -0.100. The second-order valence-corrected chi connectivity index (χ2v) is 7.70. The first-order valence-electron chi connectivity index (χ1n) is 5.95. The van der Waals surface area contributed by atoms with E-state index in [0.29, 0.717) is 18.0 Å². The molecule has 4 heteroatoms. The van der Waals surface area contributed by atoms with Crippen LogP contribution in [0.4, 0.5) is 0 Å². The molecular formula is C14H19BrINO. The van der Waals surface area contributed by atoms with Crippen molar-refractivity contribution in [2.75, 3.05) is 6.54 Å². The van der Waals surface area contributed by atoms with Gasteiger partial charge < -0.3 is 5.32 Å². The minimum absolute atomic E-state index is 0.0171. The average molecular weight is 424 g/mol. The molecule has 0 bridgehead atoms. The predicted octanol–water partition coefficient (Wildman–Crippen LogP) is 4.47. The van der Waals surface area contributed by atoms with Crippen LogP contribution in [-0.4, -0.2) is 12.5 Å². The van der Waals surface area contributed by atoms with Crippen LogP contribution in [0.5, 0.6) is 0 Å². The molecule has 0 radical (unpaired) electrons. The summed E-state index contributed by atoms with van der Waals surface area (Å²) in [5.41, 5.74) is 0.901. The summed E-state index contributed by atoms with van der Waals surface area (Å²) in [6.45, 7) is 9.41. The van der Waals surface area contributed by atoms with E-state index in [1.54, 1.807) is 0 Å². The van der Waals surface area contributed by atoms with E-state index < -0.39 is 0 Å². The molecule has 1 unspecified atom stereocenters.